The first kappa shape index (κ1) is 24.2. The average molecular weight is 489 g/mol. The maximum absolute atomic E-state index is 13.9. The fourth-order valence-corrected chi connectivity index (χ4v) is 5.39. The Morgan fingerprint density at radius 3 is 2.36 bits per heavy atom. The van der Waals surface area contributed by atoms with E-state index in [1.807, 2.05) is 12.1 Å². The van der Waals surface area contributed by atoms with Crippen LogP contribution in [0.25, 0.3) is 11.3 Å². The Balaban J connectivity index is 1.53. The number of nitrogens with zero attached hydrogens (tertiary/aromatic N) is 3. The summed E-state index contributed by atoms with van der Waals surface area (Å²) in [6.07, 6.45) is 7.37. The van der Waals surface area contributed by atoms with E-state index in [2.05, 4.69) is 24.4 Å². The van der Waals surface area contributed by atoms with Gasteiger partial charge in [0.05, 0.1) is 12.2 Å². The van der Waals surface area contributed by atoms with E-state index in [9.17, 15) is 14.0 Å². The van der Waals surface area contributed by atoms with Gasteiger partial charge in [-0.15, -0.1) is 0 Å². The molecule has 1 saturated carbocycles. The number of hydrogen-bond donors (Lipinski definition) is 1. The Hall–Kier alpha value is -3.48. The number of amides is 2. The molecular formula is C29H33FN4O2. The van der Waals surface area contributed by atoms with Crippen molar-refractivity contribution in [2.24, 2.45) is 0 Å². The van der Waals surface area contributed by atoms with Crippen LogP contribution in [0.1, 0.15) is 68.4 Å². The van der Waals surface area contributed by atoms with Gasteiger partial charge in [-0.05, 0) is 62.1 Å². The molecular weight excluding hydrogens is 455 g/mol. The molecule has 0 bridgehead atoms. The molecule has 1 aliphatic heterocycles. The summed E-state index contributed by atoms with van der Waals surface area (Å²) in [5.74, 6) is -0.923. The SMILES string of the molecule is CCc1ccc(-c2cc3n(n2)C[C@@](C)(C(=O)NC2CCCCCC2)N(c2ccc(F)cc2)C3=O)cc1. The Bertz CT molecular complexity index is 1240. The first-order valence-corrected chi connectivity index (χ1v) is 13.0. The fraction of sp³-hybridized carbons (Fsp3) is 0.414. The Labute approximate surface area is 211 Å². The summed E-state index contributed by atoms with van der Waals surface area (Å²) in [6.45, 7) is 4.09. The van der Waals surface area contributed by atoms with E-state index < -0.39 is 11.4 Å². The van der Waals surface area contributed by atoms with E-state index in [-0.39, 0.29) is 24.4 Å². The van der Waals surface area contributed by atoms with Crippen LogP contribution in [0.3, 0.4) is 0 Å². The van der Waals surface area contributed by atoms with Crippen molar-refractivity contribution in [2.45, 2.75) is 76.9 Å². The fourth-order valence-electron chi connectivity index (χ4n) is 5.39. The van der Waals surface area contributed by atoms with Gasteiger partial charge in [0.25, 0.3) is 5.91 Å². The van der Waals surface area contributed by atoms with Gasteiger partial charge in [0, 0.05) is 17.3 Å². The zero-order valence-electron chi connectivity index (χ0n) is 21.0. The number of hydrogen-bond acceptors (Lipinski definition) is 3. The van der Waals surface area contributed by atoms with Crippen LogP contribution < -0.4 is 10.2 Å². The van der Waals surface area contributed by atoms with Gasteiger partial charge in [0.15, 0.2) is 0 Å². The largest absolute Gasteiger partial charge is 0.351 e. The van der Waals surface area contributed by atoms with Gasteiger partial charge in [-0.1, -0.05) is 56.9 Å². The monoisotopic (exact) mass is 488 g/mol. The molecule has 3 aromatic rings. The number of nitrogens with one attached hydrogen (secondary N) is 1. The third-order valence-corrected chi connectivity index (χ3v) is 7.58. The number of benzene rings is 2. The molecule has 0 spiro atoms. The summed E-state index contributed by atoms with van der Waals surface area (Å²) in [4.78, 5) is 29.3. The van der Waals surface area contributed by atoms with Crippen molar-refractivity contribution in [1.29, 1.82) is 0 Å². The van der Waals surface area contributed by atoms with E-state index in [1.165, 1.54) is 35.4 Å². The second kappa shape index (κ2) is 9.88. The molecule has 1 atom stereocenters. The highest BCUT2D eigenvalue weighted by Gasteiger charge is 2.49. The lowest BCUT2D eigenvalue weighted by atomic mass is 9.93. The molecule has 0 saturated heterocycles. The van der Waals surface area contributed by atoms with E-state index in [0.29, 0.717) is 17.1 Å². The van der Waals surface area contributed by atoms with Crippen LogP contribution in [0.4, 0.5) is 10.1 Å². The maximum Gasteiger partial charge on any atom is 0.277 e. The average Bonchev–Trinajstić information content (AvgIpc) is 3.13. The topological polar surface area (TPSA) is 67.2 Å². The minimum absolute atomic E-state index is 0.0913. The zero-order valence-corrected chi connectivity index (χ0v) is 21.0. The minimum Gasteiger partial charge on any atom is -0.351 e. The predicted molar refractivity (Wildman–Crippen MR) is 138 cm³/mol. The highest BCUT2D eigenvalue weighted by molar-refractivity contribution is 6.12. The number of carbonyl (C=O) groups excluding carboxylic acids is 2. The molecule has 5 rings (SSSR count). The summed E-state index contributed by atoms with van der Waals surface area (Å²) in [5, 5.41) is 7.97. The summed E-state index contributed by atoms with van der Waals surface area (Å²) >= 11 is 0. The van der Waals surface area contributed by atoms with Crippen LogP contribution >= 0.6 is 0 Å². The molecule has 2 aliphatic rings. The Morgan fingerprint density at radius 1 is 1.06 bits per heavy atom. The van der Waals surface area contributed by atoms with Crippen LogP contribution in [0.2, 0.25) is 0 Å². The number of fused-ring (bicyclic) bond motifs is 1. The highest BCUT2D eigenvalue weighted by Crippen LogP contribution is 2.35. The van der Waals surface area contributed by atoms with E-state index in [0.717, 1.165) is 37.7 Å². The predicted octanol–water partition coefficient (Wildman–Crippen LogP) is 5.51. The molecule has 2 aromatic carbocycles. The number of aromatic nitrogens is 2. The Kier molecular flexibility index (Phi) is 6.65. The molecule has 1 fully saturated rings. The lowest BCUT2D eigenvalue weighted by Crippen LogP contribution is -2.65. The van der Waals surface area contributed by atoms with Gasteiger partial charge in [0.1, 0.15) is 17.1 Å². The van der Waals surface area contributed by atoms with Crippen molar-refractivity contribution in [3.63, 3.8) is 0 Å². The quantitative estimate of drug-likeness (QED) is 0.482. The molecule has 36 heavy (non-hydrogen) atoms. The van der Waals surface area contributed by atoms with Gasteiger partial charge in [-0.2, -0.15) is 5.10 Å². The Morgan fingerprint density at radius 2 is 1.72 bits per heavy atom. The van der Waals surface area contributed by atoms with Crippen LogP contribution in [0.5, 0.6) is 0 Å². The molecule has 1 N–H and O–H groups in total. The molecule has 7 heteroatoms. The van der Waals surface area contributed by atoms with Crippen molar-refractivity contribution < 1.29 is 14.0 Å². The first-order valence-electron chi connectivity index (χ1n) is 13.0. The second-order valence-corrected chi connectivity index (χ2v) is 10.2. The van der Waals surface area contributed by atoms with Gasteiger partial charge in [0.2, 0.25) is 5.91 Å². The highest BCUT2D eigenvalue weighted by atomic mass is 19.1. The first-order chi connectivity index (χ1) is 17.4. The summed E-state index contributed by atoms with van der Waals surface area (Å²) in [5.41, 5.74) is 2.51. The van der Waals surface area contributed by atoms with Crippen molar-refractivity contribution in [2.75, 3.05) is 4.90 Å². The normalized spacial score (nSPS) is 20.6. The standard InChI is InChI=1S/C29H33FN4O2/c1-3-20-10-12-21(13-11-20)25-18-26-27(35)34(24-16-14-22(30)15-17-24)29(2,19-33(26)32-25)28(36)31-23-8-6-4-5-7-9-23/h10-18,23H,3-9,19H2,1-2H3,(H,31,36)/t29-/m0/s1. The van der Waals surface area contributed by atoms with Crippen LogP contribution in [0, 0.1) is 5.82 Å². The molecule has 6 nitrogen and oxygen atoms in total. The van der Waals surface area contributed by atoms with Gasteiger partial charge >= 0.3 is 0 Å². The molecule has 2 heterocycles. The van der Waals surface area contributed by atoms with Crippen molar-refractivity contribution in [3.8, 4) is 11.3 Å². The molecule has 1 aromatic heterocycles. The molecule has 188 valence electrons. The van der Waals surface area contributed by atoms with Crippen molar-refractivity contribution in [1.82, 2.24) is 15.1 Å². The van der Waals surface area contributed by atoms with Crippen molar-refractivity contribution in [3.05, 3.63) is 71.7 Å². The lowest BCUT2D eigenvalue weighted by Gasteiger charge is -2.43. The number of carbonyl (C=O) groups is 2. The molecule has 1 aliphatic carbocycles. The van der Waals surface area contributed by atoms with Crippen LogP contribution in [-0.2, 0) is 17.8 Å². The second-order valence-electron chi connectivity index (χ2n) is 10.2. The number of aryl methyl sites for hydroxylation is 1. The number of anilines is 1. The third-order valence-electron chi connectivity index (χ3n) is 7.58. The maximum atomic E-state index is 13.9. The molecule has 0 radical (unpaired) electrons. The van der Waals surface area contributed by atoms with Gasteiger partial charge in [-0.25, -0.2) is 4.39 Å². The van der Waals surface area contributed by atoms with E-state index in [1.54, 1.807) is 29.8 Å². The van der Waals surface area contributed by atoms with Crippen molar-refractivity contribution >= 4 is 17.5 Å². The van der Waals surface area contributed by atoms with Crippen LogP contribution in [0.15, 0.2) is 54.6 Å². The van der Waals surface area contributed by atoms with Gasteiger partial charge in [-0.3, -0.25) is 19.2 Å². The summed E-state index contributed by atoms with van der Waals surface area (Å²) in [7, 11) is 0. The summed E-state index contributed by atoms with van der Waals surface area (Å²) in [6, 6.07) is 15.8. The summed E-state index contributed by atoms with van der Waals surface area (Å²) < 4.78 is 15.4. The number of rotatable bonds is 5. The minimum atomic E-state index is -1.22. The zero-order chi connectivity index (χ0) is 25.3. The van der Waals surface area contributed by atoms with Gasteiger partial charge < -0.3 is 5.32 Å². The van der Waals surface area contributed by atoms with E-state index in [4.69, 9.17) is 5.10 Å². The number of halogens is 1. The van der Waals surface area contributed by atoms with E-state index >= 15 is 0 Å². The lowest BCUT2D eigenvalue weighted by molar-refractivity contribution is -0.127. The molecule has 2 amide bonds. The molecule has 0 unspecified atom stereocenters. The third kappa shape index (κ3) is 4.54. The van der Waals surface area contributed by atoms with Crippen LogP contribution in [-0.4, -0.2) is 33.2 Å². The smallest absolute Gasteiger partial charge is 0.277 e.